The molecule has 2 atom stereocenters. The molecule has 112 valence electrons. The van der Waals surface area contributed by atoms with E-state index in [0.29, 0.717) is 18.4 Å². The van der Waals surface area contributed by atoms with E-state index in [1.165, 1.54) is 6.42 Å². The highest BCUT2D eigenvalue weighted by molar-refractivity contribution is 9.10. The van der Waals surface area contributed by atoms with Gasteiger partial charge in [-0.25, -0.2) is 0 Å². The van der Waals surface area contributed by atoms with Gasteiger partial charge in [-0.1, -0.05) is 29.8 Å². The number of hydrogen-bond acceptors (Lipinski definition) is 2. The fourth-order valence-electron chi connectivity index (χ4n) is 3.30. The lowest BCUT2D eigenvalue weighted by atomic mass is 9.91. The summed E-state index contributed by atoms with van der Waals surface area (Å²) >= 11 is 3.46. The van der Waals surface area contributed by atoms with Gasteiger partial charge in [0, 0.05) is 23.1 Å². The normalized spacial score (nSPS) is 24.9. The molecule has 2 heterocycles. The van der Waals surface area contributed by atoms with Crippen LogP contribution in [0, 0.1) is 11.8 Å². The molecular weight excluding hydrogens is 330 g/mol. The van der Waals surface area contributed by atoms with E-state index in [1.54, 1.807) is 0 Å². The van der Waals surface area contributed by atoms with Gasteiger partial charge in [-0.2, -0.15) is 0 Å². The average Bonchev–Trinajstić information content (AvgIpc) is 2.44. The van der Waals surface area contributed by atoms with Crippen LogP contribution in [-0.2, 0) is 4.79 Å². The lowest BCUT2D eigenvalue weighted by molar-refractivity contribution is -0.130. The second kappa shape index (κ2) is 5.84. The highest BCUT2D eigenvalue weighted by Gasteiger charge is 2.28. The zero-order chi connectivity index (χ0) is 15.0. The average molecular weight is 350 g/mol. The molecule has 3 nitrogen and oxygen atoms in total. The van der Waals surface area contributed by atoms with Gasteiger partial charge >= 0.3 is 0 Å². The van der Waals surface area contributed by atoms with Crippen LogP contribution in [0.25, 0.3) is 6.08 Å². The van der Waals surface area contributed by atoms with Crippen molar-refractivity contribution in [1.29, 1.82) is 0 Å². The molecule has 1 fully saturated rings. The van der Waals surface area contributed by atoms with Gasteiger partial charge in [0.1, 0.15) is 12.4 Å². The zero-order valence-corrected chi connectivity index (χ0v) is 14.0. The number of carbonyl (C=O) groups is 1. The Bertz CT molecular complexity index is 586. The predicted molar refractivity (Wildman–Crippen MR) is 87.1 cm³/mol. The lowest BCUT2D eigenvalue weighted by Crippen LogP contribution is -2.44. The van der Waals surface area contributed by atoms with Gasteiger partial charge in [0.2, 0.25) is 0 Å². The topological polar surface area (TPSA) is 29.5 Å². The Hall–Kier alpha value is -1.29. The molecule has 1 aromatic rings. The van der Waals surface area contributed by atoms with Crippen molar-refractivity contribution in [2.75, 3.05) is 19.7 Å². The Morgan fingerprint density at radius 1 is 1.29 bits per heavy atom. The molecular formula is C17H20BrNO2. The Labute approximate surface area is 134 Å². The second-order valence-electron chi connectivity index (χ2n) is 6.30. The highest BCUT2D eigenvalue weighted by Crippen LogP contribution is 2.30. The van der Waals surface area contributed by atoms with Crippen molar-refractivity contribution in [2.24, 2.45) is 11.8 Å². The molecule has 0 saturated carbocycles. The fraction of sp³-hybridized carbons (Fsp3) is 0.471. The summed E-state index contributed by atoms with van der Waals surface area (Å²) in [5, 5.41) is 0. The standard InChI is InChI=1S/C17H20BrNO2/c1-11-5-12(2)9-19(8-11)17(20)14-6-13-7-15(18)3-4-16(13)21-10-14/h3-4,6-7,11-12H,5,8-10H2,1-2H3/t11-,12-/m0/s1. The Kier molecular flexibility index (Phi) is 4.07. The number of ether oxygens (including phenoxy) is 1. The van der Waals surface area contributed by atoms with Crippen LogP contribution in [0.3, 0.4) is 0 Å². The summed E-state index contributed by atoms with van der Waals surface area (Å²) in [6, 6.07) is 5.87. The van der Waals surface area contributed by atoms with Crippen LogP contribution < -0.4 is 4.74 Å². The van der Waals surface area contributed by atoms with Crippen molar-refractivity contribution in [3.05, 3.63) is 33.8 Å². The number of benzene rings is 1. The zero-order valence-electron chi connectivity index (χ0n) is 12.4. The molecule has 1 amide bonds. The number of piperidine rings is 1. The number of rotatable bonds is 1. The van der Waals surface area contributed by atoms with Crippen LogP contribution in [0.1, 0.15) is 25.8 Å². The van der Waals surface area contributed by atoms with Gasteiger partial charge in [-0.3, -0.25) is 4.79 Å². The number of halogens is 1. The minimum atomic E-state index is 0.124. The van der Waals surface area contributed by atoms with E-state index in [1.807, 2.05) is 29.2 Å². The quantitative estimate of drug-likeness (QED) is 0.772. The summed E-state index contributed by atoms with van der Waals surface area (Å²) in [5.41, 5.74) is 1.72. The Morgan fingerprint density at radius 2 is 2.00 bits per heavy atom. The first-order valence-corrected chi connectivity index (χ1v) is 8.24. The number of nitrogens with zero attached hydrogens (tertiary/aromatic N) is 1. The minimum absolute atomic E-state index is 0.124. The van der Waals surface area contributed by atoms with Crippen LogP contribution in [0.2, 0.25) is 0 Å². The number of hydrogen-bond donors (Lipinski definition) is 0. The Balaban J connectivity index is 1.82. The van der Waals surface area contributed by atoms with Crippen molar-refractivity contribution in [2.45, 2.75) is 20.3 Å². The number of carbonyl (C=O) groups excluding carboxylic acids is 1. The van der Waals surface area contributed by atoms with Gasteiger partial charge in [0.25, 0.3) is 5.91 Å². The summed E-state index contributed by atoms with van der Waals surface area (Å²) < 4.78 is 6.72. The number of fused-ring (bicyclic) bond motifs is 1. The first kappa shape index (κ1) is 14.6. The van der Waals surface area contributed by atoms with Crippen LogP contribution >= 0.6 is 15.9 Å². The summed E-state index contributed by atoms with van der Waals surface area (Å²) in [4.78, 5) is 14.7. The van der Waals surface area contributed by atoms with Crippen molar-refractivity contribution in [1.82, 2.24) is 4.90 Å². The van der Waals surface area contributed by atoms with Crippen molar-refractivity contribution in [3.63, 3.8) is 0 Å². The summed E-state index contributed by atoms with van der Waals surface area (Å²) in [7, 11) is 0. The van der Waals surface area contributed by atoms with Gasteiger partial charge in [0.05, 0.1) is 5.57 Å². The minimum Gasteiger partial charge on any atom is -0.488 e. The largest absolute Gasteiger partial charge is 0.488 e. The summed E-state index contributed by atoms with van der Waals surface area (Å²) in [5.74, 6) is 2.11. The molecule has 3 rings (SSSR count). The lowest BCUT2D eigenvalue weighted by Gasteiger charge is -2.35. The predicted octanol–water partition coefficient (Wildman–Crippen LogP) is 3.73. The van der Waals surface area contributed by atoms with Gasteiger partial charge in [-0.15, -0.1) is 0 Å². The van der Waals surface area contributed by atoms with E-state index in [-0.39, 0.29) is 5.91 Å². The van der Waals surface area contributed by atoms with E-state index in [9.17, 15) is 4.79 Å². The van der Waals surface area contributed by atoms with E-state index in [2.05, 4.69) is 29.8 Å². The molecule has 1 saturated heterocycles. The summed E-state index contributed by atoms with van der Waals surface area (Å²) in [6.07, 6.45) is 3.17. The molecule has 0 aromatic heterocycles. The second-order valence-corrected chi connectivity index (χ2v) is 7.21. The van der Waals surface area contributed by atoms with E-state index in [0.717, 1.165) is 34.4 Å². The van der Waals surface area contributed by atoms with Crippen LogP contribution in [0.4, 0.5) is 0 Å². The first-order chi connectivity index (χ1) is 10.0. The third-order valence-corrected chi connectivity index (χ3v) is 4.61. The fourth-order valence-corrected chi connectivity index (χ4v) is 3.68. The molecule has 4 heteroatoms. The maximum absolute atomic E-state index is 12.7. The number of likely N-dealkylation sites (tertiary alicyclic amines) is 1. The highest BCUT2D eigenvalue weighted by atomic mass is 79.9. The number of amides is 1. The van der Waals surface area contributed by atoms with Gasteiger partial charge in [-0.05, 0) is 42.5 Å². The third-order valence-electron chi connectivity index (χ3n) is 4.12. The maximum Gasteiger partial charge on any atom is 0.253 e. The summed E-state index contributed by atoms with van der Waals surface area (Å²) in [6.45, 7) is 6.51. The van der Waals surface area contributed by atoms with Crippen molar-refractivity contribution < 1.29 is 9.53 Å². The molecule has 0 radical (unpaired) electrons. The van der Waals surface area contributed by atoms with Crippen LogP contribution in [0.15, 0.2) is 28.2 Å². The smallest absolute Gasteiger partial charge is 0.253 e. The SMILES string of the molecule is C[C@H]1C[C@H](C)CN(C(=O)C2=Cc3cc(Br)ccc3OC2)C1. The molecule has 0 N–H and O–H groups in total. The monoisotopic (exact) mass is 349 g/mol. The van der Waals surface area contributed by atoms with Crippen molar-refractivity contribution >= 4 is 27.9 Å². The molecule has 2 aliphatic rings. The van der Waals surface area contributed by atoms with Crippen LogP contribution in [0.5, 0.6) is 5.75 Å². The van der Waals surface area contributed by atoms with E-state index >= 15 is 0 Å². The van der Waals surface area contributed by atoms with E-state index < -0.39 is 0 Å². The molecule has 0 spiro atoms. The van der Waals surface area contributed by atoms with Gasteiger partial charge in [0.15, 0.2) is 0 Å². The molecule has 0 unspecified atom stereocenters. The third kappa shape index (κ3) is 3.15. The maximum atomic E-state index is 12.7. The first-order valence-electron chi connectivity index (χ1n) is 7.45. The van der Waals surface area contributed by atoms with Crippen molar-refractivity contribution in [3.8, 4) is 5.75 Å². The van der Waals surface area contributed by atoms with Gasteiger partial charge < -0.3 is 9.64 Å². The molecule has 0 bridgehead atoms. The molecule has 21 heavy (non-hydrogen) atoms. The molecule has 0 aliphatic carbocycles. The molecule has 1 aromatic carbocycles. The Morgan fingerprint density at radius 3 is 2.71 bits per heavy atom. The molecule has 2 aliphatic heterocycles. The van der Waals surface area contributed by atoms with Crippen LogP contribution in [-0.4, -0.2) is 30.5 Å². The van der Waals surface area contributed by atoms with E-state index in [4.69, 9.17) is 4.74 Å².